The molecule has 0 amide bonds. The van der Waals surface area contributed by atoms with Gasteiger partial charge in [0, 0.05) is 11.6 Å². The van der Waals surface area contributed by atoms with E-state index in [2.05, 4.69) is 4.98 Å². The molecule has 1 rings (SSSR count). The van der Waals surface area contributed by atoms with Crippen LogP contribution < -0.4 is 5.14 Å². The van der Waals surface area contributed by atoms with Gasteiger partial charge in [0.05, 0.1) is 10.7 Å². The van der Waals surface area contributed by atoms with Crippen LogP contribution in [0.15, 0.2) is 23.7 Å². The molecule has 6 heteroatoms. The number of hydrogen-bond acceptors (Lipinski definition) is 3. The number of halogens is 1. The molecule has 0 unspecified atom stereocenters. The van der Waals surface area contributed by atoms with Crippen LogP contribution in [-0.4, -0.2) is 13.4 Å². The van der Waals surface area contributed by atoms with Crippen LogP contribution in [0.25, 0.3) is 6.08 Å². The molecule has 0 aliphatic rings. The van der Waals surface area contributed by atoms with Gasteiger partial charge in [-0.15, -0.1) is 0 Å². The highest BCUT2D eigenvalue weighted by molar-refractivity contribution is 7.92. The summed E-state index contributed by atoms with van der Waals surface area (Å²) in [5, 5.41) is 6.12. The molecule has 2 N–H and O–H groups in total. The summed E-state index contributed by atoms with van der Waals surface area (Å²) in [4.78, 5) is 3.84. The number of aromatic nitrogens is 1. The third-order valence-corrected chi connectivity index (χ3v) is 1.92. The first-order chi connectivity index (χ1) is 5.97. The van der Waals surface area contributed by atoms with Crippen LogP contribution in [0, 0.1) is 0 Å². The summed E-state index contributed by atoms with van der Waals surface area (Å²) in [6.07, 6.45) is 2.72. The lowest BCUT2D eigenvalue weighted by Crippen LogP contribution is -2.06. The minimum atomic E-state index is -3.59. The summed E-state index contributed by atoms with van der Waals surface area (Å²) in [6.45, 7) is 0. The number of nitrogens with two attached hydrogens (primary N) is 1. The molecule has 1 aromatic heterocycles. The van der Waals surface area contributed by atoms with Gasteiger partial charge in [-0.05, 0) is 18.2 Å². The maximum absolute atomic E-state index is 10.5. The average molecular weight is 219 g/mol. The molecule has 0 atom stereocenters. The Morgan fingerprint density at radius 2 is 2.15 bits per heavy atom. The second kappa shape index (κ2) is 3.87. The van der Waals surface area contributed by atoms with Gasteiger partial charge in [-0.3, -0.25) is 4.98 Å². The SMILES string of the molecule is NS(=O)(=O)C=Cc1ccc(Cl)cn1. The Hall–Kier alpha value is -0.910. The number of rotatable bonds is 2. The molecule has 1 aromatic rings. The topological polar surface area (TPSA) is 73.1 Å². The zero-order chi connectivity index (χ0) is 9.90. The van der Waals surface area contributed by atoms with Crippen molar-refractivity contribution < 1.29 is 8.42 Å². The summed E-state index contributed by atoms with van der Waals surface area (Å²) in [7, 11) is -3.59. The van der Waals surface area contributed by atoms with Crippen molar-refractivity contribution in [3.8, 4) is 0 Å². The van der Waals surface area contributed by atoms with Crippen molar-refractivity contribution in [1.29, 1.82) is 0 Å². The van der Waals surface area contributed by atoms with Crippen LogP contribution in [-0.2, 0) is 10.0 Å². The van der Waals surface area contributed by atoms with Gasteiger partial charge < -0.3 is 0 Å². The molecule has 1 heterocycles. The van der Waals surface area contributed by atoms with Gasteiger partial charge in [0.2, 0.25) is 10.0 Å². The summed E-state index contributed by atoms with van der Waals surface area (Å²) in [5.41, 5.74) is 0.485. The third-order valence-electron chi connectivity index (χ3n) is 1.18. The Morgan fingerprint density at radius 1 is 1.46 bits per heavy atom. The summed E-state index contributed by atoms with van der Waals surface area (Å²) in [5.74, 6) is 0. The fourth-order valence-electron chi connectivity index (χ4n) is 0.650. The van der Waals surface area contributed by atoms with Crippen molar-refractivity contribution in [1.82, 2.24) is 4.98 Å². The van der Waals surface area contributed by atoms with Crippen LogP contribution in [0.5, 0.6) is 0 Å². The Bertz CT molecular complexity index is 411. The lowest BCUT2D eigenvalue weighted by Gasteiger charge is -1.91. The van der Waals surface area contributed by atoms with Crippen LogP contribution >= 0.6 is 11.6 Å². The number of primary sulfonamides is 1. The summed E-state index contributed by atoms with van der Waals surface area (Å²) >= 11 is 5.57. The van der Waals surface area contributed by atoms with Gasteiger partial charge in [0.25, 0.3) is 0 Å². The van der Waals surface area contributed by atoms with Gasteiger partial charge in [-0.1, -0.05) is 11.6 Å². The van der Waals surface area contributed by atoms with Gasteiger partial charge in [-0.25, -0.2) is 13.6 Å². The van der Waals surface area contributed by atoms with Gasteiger partial charge in [0.1, 0.15) is 0 Å². The average Bonchev–Trinajstić information content (AvgIpc) is 2.02. The van der Waals surface area contributed by atoms with Crippen LogP contribution in [0.4, 0.5) is 0 Å². The van der Waals surface area contributed by atoms with Crippen molar-refractivity contribution >= 4 is 27.7 Å². The molecule has 70 valence electrons. The van der Waals surface area contributed by atoms with Crippen molar-refractivity contribution in [2.45, 2.75) is 0 Å². The van der Waals surface area contributed by atoms with Gasteiger partial charge >= 0.3 is 0 Å². The third kappa shape index (κ3) is 4.02. The second-order valence-corrected chi connectivity index (χ2v) is 4.18. The molecule has 0 saturated heterocycles. The van der Waals surface area contributed by atoms with E-state index >= 15 is 0 Å². The quantitative estimate of drug-likeness (QED) is 0.805. The maximum atomic E-state index is 10.5. The van der Waals surface area contributed by atoms with Gasteiger partial charge in [0.15, 0.2) is 0 Å². The van der Waals surface area contributed by atoms with E-state index in [-0.39, 0.29) is 0 Å². The Kier molecular flexibility index (Phi) is 3.02. The Labute approximate surface area is 81.1 Å². The first kappa shape index (κ1) is 10.2. The predicted octanol–water partition coefficient (Wildman–Crippen LogP) is 0.994. The molecule has 0 spiro atoms. The van der Waals surface area contributed by atoms with Crippen molar-refractivity contribution in [3.63, 3.8) is 0 Å². The fourth-order valence-corrected chi connectivity index (χ4v) is 1.09. The molecule has 4 nitrogen and oxygen atoms in total. The Balaban J connectivity index is 2.88. The lowest BCUT2D eigenvalue weighted by molar-refractivity contribution is 0.606. The normalized spacial score (nSPS) is 12.2. The summed E-state index contributed by atoms with van der Waals surface area (Å²) < 4.78 is 21.0. The zero-order valence-electron chi connectivity index (χ0n) is 6.51. The Morgan fingerprint density at radius 3 is 2.62 bits per heavy atom. The second-order valence-electron chi connectivity index (χ2n) is 2.29. The van der Waals surface area contributed by atoms with Crippen molar-refractivity contribution in [3.05, 3.63) is 34.5 Å². The van der Waals surface area contributed by atoms with E-state index in [0.29, 0.717) is 10.7 Å². The molecule has 13 heavy (non-hydrogen) atoms. The highest BCUT2D eigenvalue weighted by atomic mass is 35.5. The lowest BCUT2D eigenvalue weighted by atomic mass is 10.3. The zero-order valence-corrected chi connectivity index (χ0v) is 8.09. The van der Waals surface area contributed by atoms with E-state index in [9.17, 15) is 8.42 Å². The van der Waals surface area contributed by atoms with E-state index < -0.39 is 10.0 Å². The van der Waals surface area contributed by atoms with Crippen LogP contribution in [0.1, 0.15) is 5.69 Å². The van der Waals surface area contributed by atoms with E-state index in [4.69, 9.17) is 16.7 Å². The largest absolute Gasteiger partial charge is 0.255 e. The highest BCUT2D eigenvalue weighted by Crippen LogP contribution is 2.07. The van der Waals surface area contributed by atoms with Crippen molar-refractivity contribution in [2.24, 2.45) is 5.14 Å². The van der Waals surface area contributed by atoms with E-state index in [0.717, 1.165) is 5.41 Å². The standard InChI is InChI=1S/C7H7ClN2O2S/c8-6-1-2-7(10-5-6)3-4-13(9,11)12/h1-5H,(H2,9,11,12). The van der Waals surface area contributed by atoms with E-state index in [1.807, 2.05) is 0 Å². The molecular formula is C7H7ClN2O2S. The molecular weight excluding hydrogens is 212 g/mol. The molecule has 0 saturated carbocycles. The fraction of sp³-hybridized carbons (Fsp3) is 0. The summed E-state index contributed by atoms with van der Waals surface area (Å²) in [6, 6.07) is 3.20. The van der Waals surface area contributed by atoms with Gasteiger partial charge in [-0.2, -0.15) is 0 Å². The molecule has 0 aliphatic heterocycles. The van der Waals surface area contributed by atoms with E-state index in [1.165, 1.54) is 12.3 Å². The monoisotopic (exact) mass is 218 g/mol. The number of sulfonamides is 1. The predicted molar refractivity (Wildman–Crippen MR) is 51.4 cm³/mol. The maximum Gasteiger partial charge on any atom is 0.231 e. The van der Waals surface area contributed by atoms with Crippen LogP contribution in [0.2, 0.25) is 5.02 Å². The minimum absolute atomic E-state index is 0.485. The van der Waals surface area contributed by atoms with Crippen LogP contribution in [0.3, 0.4) is 0 Å². The molecule has 0 aromatic carbocycles. The molecule has 0 bridgehead atoms. The minimum Gasteiger partial charge on any atom is -0.255 e. The van der Waals surface area contributed by atoms with Crippen molar-refractivity contribution in [2.75, 3.05) is 0 Å². The molecule has 0 radical (unpaired) electrons. The number of hydrogen-bond donors (Lipinski definition) is 1. The van der Waals surface area contributed by atoms with E-state index in [1.54, 1.807) is 12.1 Å². The molecule has 0 fully saturated rings. The number of pyridine rings is 1. The smallest absolute Gasteiger partial charge is 0.231 e. The first-order valence-electron chi connectivity index (χ1n) is 3.30. The highest BCUT2D eigenvalue weighted by Gasteiger charge is 1.94. The number of nitrogens with zero attached hydrogens (tertiary/aromatic N) is 1. The first-order valence-corrected chi connectivity index (χ1v) is 5.28. The molecule has 0 aliphatic carbocycles.